The van der Waals surface area contributed by atoms with Crippen LogP contribution >= 0.6 is 11.6 Å². The second-order valence-corrected chi connectivity index (χ2v) is 9.30. The fourth-order valence-electron chi connectivity index (χ4n) is 2.84. The van der Waals surface area contributed by atoms with Crippen molar-refractivity contribution in [2.45, 2.75) is 25.6 Å². The predicted octanol–water partition coefficient (Wildman–Crippen LogP) is 4.24. The van der Waals surface area contributed by atoms with E-state index in [1.165, 1.54) is 0 Å². The Bertz CT molecular complexity index is 1000. The maximum atomic E-state index is 13.0. The molecule has 32 heavy (non-hydrogen) atoms. The van der Waals surface area contributed by atoms with E-state index in [1.54, 1.807) is 0 Å². The normalized spacial score (nSPS) is 11.9. The van der Waals surface area contributed by atoms with Gasteiger partial charge in [0.1, 0.15) is 0 Å². The van der Waals surface area contributed by atoms with Crippen molar-refractivity contribution in [3.63, 3.8) is 0 Å². The van der Waals surface area contributed by atoms with E-state index in [0.717, 1.165) is 28.3 Å². The van der Waals surface area contributed by atoms with Gasteiger partial charge in [0.15, 0.2) is 0 Å². The Balaban J connectivity index is 1.85. The number of ether oxygens (including phenoxy) is 1. The van der Waals surface area contributed by atoms with Crippen LogP contribution in [0.15, 0.2) is 48.5 Å². The number of alkyl halides is 3. The molecular weight excluding hydrogens is 469 g/mol. The molecule has 0 aromatic heterocycles. The summed E-state index contributed by atoms with van der Waals surface area (Å²) in [5, 5.41) is 2.52. The molecule has 0 aliphatic carbocycles. The maximum absolute atomic E-state index is 13.0. The molecule has 0 saturated heterocycles. The average Bonchev–Trinajstić information content (AvgIpc) is 2.71. The third kappa shape index (κ3) is 8.33. The molecule has 0 saturated carbocycles. The van der Waals surface area contributed by atoms with Gasteiger partial charge in [-0.2, -0.15) is 13.2 Å². The molecule has 0 heterocycles. The number of hydrogen-bond acceptors (Lipinski definition) is 4. The minimum Gasteiger partial charge on any atom is -0.375 e. The largest absolute Gasteiger partial charge is 0.416 e. The van der Waals surface area contributed by atoms with Crippen LogP contribution in [-0.2, 0) is 32.3 Å². The lowest BCUT2D eigenvalue weighted by atomic mass is 10.2. The second kappa shape index (κ2) is 11.5. The molecule has 2 rings (SSSR count). The number of anilines is 1. The lowest BCUT2D eigenvalue weighted by Crippen LogP contribution is -2.33. The van der Waals surface area contributed by atoms with Crippen LogP contribution in [0.4, 0.5) is 18.9 Å². The molecule has 0 spiro atoms. The Morgan fingerprint density at radius 3 is 2.47 bits per heavy atom. The van der Waals surface area contributed by atoms with Crippen LogP contribution in [0.3, 0.4) is 0 Å². The van der Waals surface area contributed by atoms with Gasteiger partial charge in [0.2, 0.25) is 15.9 Å². The number of carbonyl (C=O) groups excluding carboxylic acids is 1. The molecule has 0 unspecified atom stereocenters. The van der Waals surface area contributed by atoms with Crippen LogP contribution in [0.25, 0.3) is 0 Å². The summed E-state index contributed by atoms with van der Waals surface area (Å²) in [5.74, 6) is -0.322. The highest BCUT2D eigenvalue weighted by Crippen LogP contribution is 2.36. The van der Waals surface area contributed by atoms with Crippen LogP contribution in [0.1, 0.15) is 24.0 Å². The predicted molar refractivity (Wildman–Crippen MR) is 117 cm³/mol. The second-order valence-electron chi connectivity index (χ2n) is 6.99. The molecule has 2 aromatic rings. The number of benzene rings is 2. The van der Waals surface area contributed by atoms with E-state index in [2.05, 4.69) is 5.32 Å². The molecule has 11 heteroatoms. The Morgan fingerprint density at radius 1 is 1.16 bits per heavy atom. The highest BCUT2D eigenvalue weighted by atomic mass is 35.5. The van der Waals surface area contributed by atoms with Crippen molar-refractivity contribution in [1.29, 1.82) is 0 Å². The first-order valence-electron chi connectivity index (χ1n) is 9.71. The van der Waals surface area contributed by atoms with E-state index in [0.29, 0.717) is 19.3 Å². The Morgan fingerprint density at radius 2 is 1.84 bits per heavy atom. The Kier molecular flexibility index (Phi) is 9.35. The first-order chi connectivity index (χ1) is 15.0. The SMILES string of the molecule is CS(=O)(=O)N(CCCC(=O)NCCOCc1ccccc1)c1cc(C(F)(F)F)ccc1Cl. The van der Waals surface area contributed by atoms with Crippen LogP contribution in [0.5, 0.6) is 0 Å². The molecule has 0 radical (unpaired) electrons. The molecule has 1 N–H and O–H groups in total. The lowest BCUT2D eigenvalue weighted by molar-refractivity contribution is -0.137. The minimum absolute atomic E-state index is 0.0126. The van der Waals surface area contributed by atoms with Crippen LogP contribution in [0.2, 0.25) is 5.02 Å². The van der Waals surface area contributed by atoms with Crippen LogP contribution < -0.4 is 9.62 Å². The molecule has 0 aliphatic rings. The fraction of sp³-hybridized carbons (Fsp3) is 0.381. The van der Waals surface area contributed by atoms with E-state index in [-0.39, 0.29) is 42.5 Å². The monoisotopic (exact) mass is 492 g/mol. The van der Waals surface area contributed by atoms with Gasteiger partial charge in [-0.25, -0.2) is 8.42 Å². The van der Waals surface area contributed by atoms with Crippen molar-refractivity contribution in [3.05, 3.63) is 64.7 Å². The van der Waals surface area contributed by atoms with Crippen molar-refractivity contribution < 1.29 is 31.1 Å². The van der Waals surface area contributed by atoms with Gasteiger partial charge in [-0.15, -0.1) is 0 Å². The third-order valence-electron chi connectivity index (χ3n) is 4.39. The van der Waals surface area contributed by atoms with Gasteiger partial charge >= 0.3 is 6.18 Å². The standard InChI is InChI=1S/C21H24ClF3N2O4S/c1-32(29,30)27(19-14-17(21(23,24)25)9-10-18(19)22)12-5-8-20(28)26-11-13-31-15-16-6-3-2-4-7-16/h2-4,6-7,9-10,14H,5,8,11-13,15H2,1H3,(H,26,28). The Hall–Kier alpha value is -2.30. The highest BCUT2D eigenvalue weighted by molar-refractivity contribution is 7.92. The van der Waals surface area contributed by atoms with E-state index in [9.17, 15) is 26.4 Å². The lowest BCUT2D eigenvalue weighted by Gasteiger charge is -2.24. The number of nitrogens with one attached hydrogen (secondary N) is 1. The van der Waals surface area contributed by atoms with Gasteiger partial charge in [0.25, 0.3) is 0 Å². The number of amides is 1. The summed E-state index contributed by atoms with van der Waals surface area (Å²) in [6, 6.07) is 12.0. The first-order valence-corrected chi connectivity index (χ1v) is 11.9. The van der Waals surface area contributed by atoms with Crippen molar-refractivity contribution in [2.75, 3.05) is 30.3 Å². The summed E-state index contributed by atoms with van der Waals surface area (Å²) in [5.41, 5.74) is -0.287. The molecule has 6 nitrogen and oxygen atoms in total. The molecule has 0 atom stereocenters. The molecule has 0 fully saturated rings. The van der Waals surface area contributed by atoms with Crippen molar-refractivity contribution in [1.82, 2.24) is 5.32 Å². The van der Waals surface area contributed by atoms with E-state index >= 15 is 0 Å². The number of rotatable bonds is 11. The molecule has 2 aromatic carbocycles. The smallest absolute Gasteiger partial charge is 0.375 e. The van der Waals surface area contributed by atoms with E-state index < -0.39 is 21.8 Å². The van der Waals surface area contributed by atoms with Crippen molar-refractivity contribution in [3.8, 4) is 0 Å². The number of carbonyl (C=O) groups is 1. The summed E-state index contributed by atoms with van der Waals surface area (Å²) < 4.78 is 69.6. The van der Waals surface area contributed by atoms with E-state index in [4.69, 9.17) is 16.3 Å². The summed E-state index contributed by atoms with van der Waals surface area (Å²) in [6.45, 7) is 0.798. The molecule has 1 amide bonds. The van der Waals surface area contributed by atoms with Gasteiger partial charge in [-0.05, 0) is 30.2 Å². The van der Waals surface area contributed by atoms with Crippen molar-refractivity contribution in [2.24, 2.45) is 0 Å². The van der Waals surface area contributed by atoms with Crippen LogP contribution in [-0.4, -0.2) is 40.3 Å². The number of hydrogen-bond donors (Lipinski definition) is 1. The average molecular weight is 493 g/mol. The summed E-state index contributed by atoms with van der Waals surface area (Å²) in [6.07, 6.45) is -3.70. The Labute approximate surface area is 190 Å². The van der Waals surface area contributed by atoms with E-state index in [1.807, 2.05) is 30.3 Å². The maximum Gasteiger partial charge on any atom is 0.416 e. The summed E-state index contributed by atoms with van der Waals surface area (Å²) >= 11 is 5.96. The molecule has 176 valence electrons. The topological polar surface area (TPSA) is 75.7 Å². The molecule has 0 bridgehead atoms. The third-order valence-corrected chi connectivity index (χ3v) is 5.89. The molecular formula is C21H24ClF3N2O4S. The van der Waals surface area contributed by atoms with Gasteiger partial charge in [-0.1, -0.05) is 41.9 Å². The zero-order chi connectivity index (χ0) is 23.8. The number of sulfonamides is 1. The van der Waals surface area contributed by atoms with Crippen LogP contribution in [0, 0.1) is 0 Å². The van der Waals surface area contributed by atoms with Gasteiger partial charge in [0, 0.05) is 19.5 Å². The molecule has 0 aliphatic heterocycles. The zero-order valence-corrected chi connectivity index (χ0v) is 18.9. The van der Waals surface area contributed by atoms with Gasteiger partial charge in [-0.3, -0.25) is 9.10 Å². The van der Waals surface area contributed by atoms with Gasteiger partial charge in [0.05, 0.1) is 35.7 Å². The number of nitrogens with zero attached hydrogens (tertiary/aromatic N) is 1. The van der Waals surface area contributed by atoms with Gasteiger partial charge < -0.3 is 10.1 Å². The highest BCUT2D eigenvalue weighted by Gasteiger charge is 2.32. The quantitative estimate of drug-likeness (QED) is 0.476. The zero-order valence-electron chi connectivity index (χ0n) is 17.4. The fourth-order valence-corrected chi connectivity index (χ4v) is 4.08. The first kappa shape index (κ1) is 26.0. The minimum atomic E-state index is -4.65. The summed E-state index contributed by atoms with van der Waals surface area (Å²) in [7, 11) is -3.92. The number of halogens is 4. The van der Waals surface area contributed by atoms with Crippen molar-refractivity contribution >= 4 is 33.2 Å². The summed E-state index contributed by atoms with van der Waals surface area (Å²) in [4.78, 5) is 12.0.